The Bertz CT molecular complexity index is 283. The van der Waals surface area contributed by atoms with E-state index in [9.17, 15) is 4.21 Å². The van der Waals surface area contributed by atoms with Gasteiger partial charge in [0.25, 0.3) is 0 Å². The number of rotatable bonds is 0. The van der Waals surface area contributed by atoms with E-state index in [0.29, 0.717) is 5.41 Å². The van der Waals surface area contributed by atoms with Crippen LogP contribution < -0.4 is 0 Å². The largest absolute Gasteiger partial charge is 0.306 e. The van der Waals surface area contributed by atoms with Crippen LogP contribution in [-0.2, 0) is 9.52 Å². The van der Waals surface area contributed by atoms with Crippen molar-refractivity contribution in [1.29, 1.82) is 0 Å². The molecule has 0 radical (unpaired) electrons. The molecule has 2 unspecified atom stereocenters. The summed E-state index contributed by atoms with van der Waals surface area (Å²) in [4.78, 5) is 2.35. The summed E-state index contributed by atoms with van der Waals surface area (Å²) >= 11 is 0. The van der Waals surface area contributed by atoms with Crippen LogP contribution in [0.15, 0.2) is 0 Å². The van der Waals surface area contributed by atoms with Gasteiger partial charge in [-0.1, -0.05) is 0 Å². The standard InChI is InChI=1S/C9H17NOS/c1-10-5-3-9(7-10)4-6-12(2,11)8-9/h2-8H2,1H3. The second kappa shape index (κ2) is 2.48. The van der Waals surface area contributed by atoms with E-state index in [1.807, 2.05) is 0 Å². The zero-order valence-corrected chi connectivity index (χ0v) is 8.53. The van der Waals surface area contributed by atoms with Crippen LogP contribution in [0.1, 0.15) is 12.8 Å². The van der Waals surface area contributed by atoms with Crippen LogP contribution >= 0.6 is 0 Å². The summed E-state index contributed by atoms with van der Waals surface area (Å²) < 4.78 is 11.7. The minimum atomic E-state index is -1.69. The number of hydrogen-bond acceptors (Lipinski definition) is 2. The third kappa shape index (κ3) is 1.40. The third-order valence-corrected chi connectivity index (χ3v) is 5.29. The molecule has 2 rings (SSSR count). The minimum Gasteiger partial charge on any atom is -0.306 e. The first-order valence-corrected chi connectivity index (χ1v) is 6.59. The lowest BCUT2D eigenvalue weighted by molar-refractivity contribution is 0.317. The van der Waals surface area contributed by atoms with Gasteiger partial charge in [0, 0.05) is 18.1 Å². The number of nitrogens with zero attached hydrogens (tertiary/aromatic N) is 1. The summed E-state index contributed by atoms with van der Waals surface area (Å²) in [7, 11) is 0.463. The molecule has 0 amide bonds. The van der Waals surface area contributed by atoms with Gasteiger partial charge in [0.05, 0.1) is 0 Å². The Balaban J connectivity index is 2.16. The Hall–Kier alpha value is -0.0200. The van der Waals surface area contributed by atoms with Crippen LogP contribution in [0.3, 0.4) is 0 Å². The fourth-order valence-corrected chi connectivity index (χ4v) is 5.03. The first kappa shape index (κ1) is 8.57. The zero-order chi connectivity index (χ0) is 8.82. The van der Waals surface area contributed by atoms with Gasteiger partial charge < -0.3 is 4.90 Å². The molecular weight excluding hydrogens is 170 g/mol. The summed E-state index contributed by atoms with van der Waals surface area (Å²) in [5.41, 5.74) is 0.383. The molecule has 2 aliphatic heterocycles. The van der Waals surface area contributed by atoms with Crippen LogP contribution in [0.25, 0.3) is 0 Å². The van der Waals surface area contributed by atoms with Crippen LogP contribution in [0, 0.1) is 5.41 Å². The van der Waals surface area contributed by atoms with Gasteiger partial charge in [0.1, 0.15) is 0 Å². The highest BCUT2D eigenvalue weighted by Crippen LogP contribution is 2.39. The average Bonchev–Trinajstić information content (AvgIpc) is 2.41. The Morgan fingerprint density at radius 1 is 1.50 bits per heavy atom. The van der Waals surface area contributed by atoms with Crippen molar-refractivity contribution in [3.8, 4) is 0 Å². The van der Waals surface area contributed by atoms with Crippen molar-refractivity contribution < 1.29 is 4.21 Å². The van der Waals surface area contributed by atoms with E-state index in [2.05, 4.69) is 17.8 Å². The number of likely N-dealkylation sites (tertiary alicyclic amines) is 1. The van der Waals surface area contributed by atoms with Gasteiger partial charge in [0.15, 0.2) is 0 Å². The van der Waals surface area contributed by atoms with E-state index in [4.69, 9.17) is 0 Å². The molecule has 0 aromatic heterocycles. The number of hydrogen-bond donors (Lipinski definition) is 0. The molecular formula is C9H17NOS. The van der Waals surface area contributed by atoms with Crippen molar-refractivity contribution in [3.05, 3.63) is 0 Å². The normalized spacial score (nSPS) is 49.1. The van der Waals surface area contributed by atoms with E-state index >= 15 is 0 Å². The highest BCUT2D eigenvalue weighted by Gasteiger charge is 2.43. The lowest BCUT2D eigenvalue weighted by atomic mass is 9.87. The lowest BCUT2D eigenvalue weighted by Gasteiger charge is -2.20. The topological polar surface area (TPSA) is 20.3 Å². The SMILES string of the molecule is C=S1(=O)CCC2(CCN(C)C2)C1. The van der Waals surface area contributed by atoms with Crippen molar-refractivity contribution in [1.82, 2.24) is 4.90 Å². The lowest BCUT2D eigenvalue weighted by Crippen LogP contribution is -2.26. The first-order valence-electron chi connectivity index (χ1n) is 4.53. The second-order valence-electron chi connectivity index (χ2n) is 4.55. The van der Waals surface area contributed by atoms with Crippen LogP contribution in [0.2, 0.25) is 0 Å². The molecule has 1 spiro atoms. The van der Waals surface area contributed by atoms with Gasteiger partial charge in [0.2, 0.25) is 0 Å². The maximum Gasteiger partial charge on any atom is 0.0228 e. The predicted octanol–water partition coefficient (Wildman–Crippen LogP) is 0.428. The van der Waals surface area contributed by atoms with Gasteiger partial charge in [-0.25, -0.2) is 0 Å². The first-order chi connectivity index (χ1) is 5.52. The molecule has 0 aromatic carbocycles. The van der Waals surface area contributed by atoms with Gasteiger partial charge >= 0.3 is 0 Å². The molecule has 0 aromatic rings. The summed E-state index contributed by atoms with van der Waals surface area (Å²) in [6.07, 6.45) is 2.37. The van der Waals surface area contributed by atoms with E-state index < -0.39 is 9.52 Å². The monoisotopic (exact) mass is 187 g/mol. The maximum absolute atomic E-state index is 11.7. The summed E-state index contributed by atoms with van der Waals surface area (Å²) in [6, 6.07) is 0. The van der Waals surface area contributed by atoms with Crippen LogP contribution in [0.5, 0.6) is 0 Å². The van der Waals surface area contributed by atoms with E-state index in [1.54, 1.807) is 0 Å². The van der Waals surface area contributed by atoms with Crippen LogP contribution in [0.4, 0.5) is 0 Å². The molecule has 70 valence electrons. The fourth-order valence-electron chi connectivity index (χ4n) is 2.59. The van der Waals surface area contributed by atoms with E-state index in [-0.39, 0.29) is 0 Å². The highest BCUT2D eigenvalue weighted by atomic mass is 32.2. The second-order valence-corrected chi connectivity index (χ2v) is 7.18. The fraction of sp³-hybridized carbons (Fsp3) is 0.889. The molecule has 2 heterocycles. The van der Waals surface area contributed by atoms with Crippen molar-refractivity contribution >= 4 is 15.4 Å². The highest BCUT2D eigenvalue weighted by molar-refractivity contribution is 8.00. The van der Waals surface area contributed by atoms with Gasteiger partial charge in [-0.2, -0.15) is 0 Å². The molecule has 0 aliphatic carbocycles. The Labute approximate surface area is 75.0 Å². The summed E-state index contributed by atoms with van der Waals surface area (Å²) in [5.74, 6) is 5.56. The third-order valence-electron chi connectivity index (χ3n) is 3.20. The molecule has 2 fully saturated rings. The smallest absolute Gasteiger partial charge is 0.0228 e. The minimum absolute atomic E-state index is 0.383. The van der Waals surface area contributed by atoms with Crippen molar-refractivity contribution in [2.45, 2.75) is 12.8 Å². The maximum atomic E-state index is 11.7. The predicted molar refractivity (Wildman–Crippen MR) is 54.2 cm³/mol. The quantitative estimate of drug-likeness (QED) is 0.513. The molecule has 2 aliphatic rings. The van der Waals surface area contributed by atoms with Gasteiger partial charge in [-0.3, -0.25) is 4.21 Å². The molecule has 12 heavy (non-hydrogen) atoms. The molecule has 2 saturated heterocycles. The molecule has 2 atom stereocenters. The Morgan fingerprint density at radius 3 is 2.67 bits per heavy atom. The zero-order valence-electron chi connectivity index (χ0n) is 7.71. The van der Waals surface area contributed by atoms with E-state index in [1.165, 1.54) is 13.0 Å². The average molecular weight is 187 g/mol. The molecule has 0 bridgehead atoms. The molecule has 2 nitrogen and oxygen atoms in total. The van der Waals surface area contributed by atoms with Crippen molar-refractivity contribution in [3.63, 3.8) is 0 Å². The van der Waals surface area contributed by atoms with Gasteiger partial charge in [-0.05, 0) is 47.2 Å². The van der Waals surface area contributed by atoms with Gasteiger partial charge in [-0.15, -0.1) is 0 Å². The van der Waals surface area contributed by atoms with Crippen molar-refractivity contribution in [2.24, 2.45) is 5.41 Å². The molecule has 3 heteroatoms. The molecule has 0 saturated carbocycles. The van der Waals surface area contributed by atoms with E-state index in [0.717, 1.165) is 24.5 Å². The Kier molecular flexibility index (Phi) is 1.77. The van der Waals surface area contributed by atoms with Crippen LogP contribution in [-0.4, -0.2) is 46.6 Å². The summed E-state index contributed by atoms with van der Waals surface area (Å²) in [6.45, 7) is 2.31. The Morgan fingerprint density at radius 2 is 2.25 bits per heavy atom. The van der Waals surface area contributed by atoms with Crippen molar-refractivity contribution in [2.75, 3.05) is 31.6 Å². The summed E-state index contributed by atoms with van der Waals surface area (Å²) in [5, 5.41) is 0. The molecule has 0 N–H and O–H groups in total.